The molecule has 3 rings (SSSR count). The molecule has 3 heterocycles. The molecule has 0 aliphatic carbocycles. The van der Waals surface area contributed by atoms with Gasteiger partial charge in [0, 0.05) is 11.1 Å². The van der Waals surface area contributed by atoms with Crippen LogP contribution in [-0.4, -0.2) is 81.2 Å². The molecule has 3 amide bonds. The first kappa shape index (κ1) is 26.6. The molecule has 0 saturated carbocycles. The zero-order chi connectivity index (χ0) is 22.7. The van der Waals surface area contributed by atoms with Gasteiger partial charge in [0.25, 0.3) is 11.8 Å². The van der Waals surface area contributed by atoms with Crippen LogP contribution in [0.25, 0.3) is 0 Å². The van der Waals surface area contributed by atoms with Gasteiger partial charge in [0.05, 0.1) is 18.3 Å². The number of amides is 3. The van der Waals surface area contributed by atoms with Gasteiger partial charge in [-0.15, -0.1) is 34.7 Å². The Labute approximate surface area is 216 Å². The monoisotopic (exact) mass is 511 g/mol. The number of aliphatic carboxylic acids is 1. The van der Waals surface area contributed by atoms with Gasteiger partial charge in [-0.1, -0.05) is 5.16 Å². The molecule has 1 fully saturated rings. The molecule has 2 aliphatic heterocycles. The van der Waals surface area contributed by atoms with Gasteiger partial charge in [-0.2, -0.15) is 0 Å². The fourth-order valence-electron chi connectivity index (χ4n) is 2.89. The van der Waals surface area contributed by atoms with Crippen molar-refractivity contribution in [2.45, 2.75) is 11.4 Å². The van der Waals surface area contributed by atoms with Crippen LogP contribution in [0, 0.1) is 0 Å². The number of β-lactam (4-membered cyclic amide) rings is 1. The molecule has 2 aliphatic rings. The number of aliphatic hydroxyl groups excluding tert-OH is 1. The van der Waals surface area contributed by atoms with Crippen LogP contribution in [0.2, 0.25) is 0 Å². The minimum Gasteiger partial charge on any atom is -0.543 e. The van der Waals surface area contributed by atoms with Gasteiger partial charge in [0.15, 0.2) is 10.8 Å². The molecule has 0 radical (unpaired) electrons. The maximum absolute atomic E-state index is 12.8. The number of oxime groups is 1. The molecule has 16 heteroatoms. The number of thiazole rings is 1. The van der Waals surface area contributed by atoms with Crippen LogP contribution in [0.4, 0.5) is 5.13 Å². The van der Waals surface area contributed by atoms with E-state index in [4.69, 9.17) is 16.4 Å². The van der Waals surface area contributed by atoms with E-state index in [1.54, 1.807) is 0 Å². The summed E-state index contributed by atoms with van der Waals surface area (Å²) in [5, 5.41) is 30.3. The second kappa shape index (κ2) is 11.4. The number of halogens is 1. The number of alkyl halides is 1. The molecule has 0 aromatic carbocycles. The van der Waals surface area contributed by atoms with Gasteiger partial charge in [0.2, 0.25) is 5.91 Å². The van der Waals surface area contributed by atoms with E-state index < -0.39 is 41.7 Å². The summed E-state index contributed by atoms with van der Waals surface area (Å²) in [7, 11) is 1.22. The summed E-state index contributed by atoms with van der Waals surface area (Å²) in [6, 6.07) is -1.02. The summed E-state index contributed by atoms with van der Waals surface area (Å²) in [5.74, 6) is -3.62. The van der Waals surface area contributed by atoms with E-state index in [1.165, 1.54) is 24.3 Å². The molecular weight excluding hydrogens is 497 g/mol. The number of carbonyl (C=O) groups excluding carboxylic acids is 4. The largest absolute Gasteiger partial charge is 1.00 e. The number of nitrogens with one attached hydrogen (secondary N) is 2. The number of carboxylic acids is 1. The Morgan fingerprint density at radius 2 is 2.19 bits per heavy atom. The standard InChI is InChI=1S/C16H16ClN5O7S2.Na/c1-29-21-9(7-5-31-16(18-7)19-8(24)2-17)12(25)20-10-13(26)22-11(15(27)28)6(3-23)4-30-14(10)22;/h5,10,14,23H,2-4H2,1H3,(H,20,25)(H,27,28)(H,18,19,24);/q;+1/p-1/b21-9+;/t10?,14-;/m1./s1. The molecule has 1 saturated heterocycles. The summed E-state index contributed by atoms with van der Waals surface area (Å²) in [6.07, 6.45) is 0. The van der Waals surface area contributed by atoms with Crippen molar-refractivity contribution in [2.75, 3.05) is 30.7 Å². The molecule has 0 spiro atoms. The first-order chi connectivity index (χ1) is 14.8. The van der Waals surface area contributed by atoms with Crippen molar-refractivity contribution in [3.63, 3.8) is 0 Å². The molecule has 0 bridgehead atoms. The van der Waals surface area contributed by atoms with Gasteiger partial charge in [-0.3, -0.25) is 19.3 Å². The summed E-state index contributed by atoms with van der Waals surface area (Å²) >= 11 is 7.65. The maximum atomic E-state index is 12.8. The molecular formula is C16H15ClN5NaO7S2. The number of hydrogen-bond acceptors (Lipinski definition) is 11. The number of anilines is 1. The van der Waals surface area contributed by atoms with E-state index in [9.17, 15) is 29.4 Å². The van der Waals surface area contributed by atoms with Crippen molar-refractivity contribution in [3.8, 4) is 0 Å². The number of thioether (sulfide) groups is 1. The minimum atomic E-state index is -1.58. The molecule has 166 valence electrons. The fraction of sp³-hybridized carbons (Fsp3) is 0.375. The van der Waals surface area contributed by atoms with E-state index in [1.807, 2.05) is 0 Å². The van der Waals surface area contributed by atoms with Crippen LogP contribution in [0.5, 0.6) is 0 Å². The summed E-state index contributed by atoms with van der Waals surface area (Å²) < 4.78 is 0. The number of aliphatic hydroxyl groups is 1. The number of carboxylic acid groups (broad SMARTS) is 1. The fourth-order valence-corrected chi connectivity index (χ4v) is 5.00. The van der Waals surface area contributed by atoms with Crippen molar-refractivity contribution in [2.24, 2.45) is 5.16 Å². The number of carbonyl (C=O) groups is 4. The molecule has 1 aromatic heterocycles. The normalized spacial score (nSPS) is 20.0. The van der Waals surface area contributed by atoms with Crippen molar-refractivity contribution in [3.05, 3.63) is 22.3 Å². The Hall–Kier alpha value is -1.68. The SMILES string of the molecule is CO/N=C(/C(=O)NC1C(=O)N2C(C(=O)[O-])=C(CO)CS[C@H]12)c1csc(NC(=O)CCl)n1.[Na+]. The topological polar surface area (TPSA) is 173 Å². The van der Waals surface area contributed by atoms with Crippen LogP contribution < -0.4 is 45.3 Å². The Morgan fingerprint density at radius 1 is 1.47 bits per heavy atom. The number of fused-ring (bicyclic) bond motifs is 1. The predicted molar refractivity (Wildman–Crippen MR) is 109 cm³/mol. The molecule has 1 aromatic rings. The predicted octanol–water partition coefficient (Wildman–Crippen LogP) is -4.93. The van der Waals surface area contributed by atoms with Gasteiger partial charge >= 0.3 is 29.6 Å². The third kappa shape index (κ3) is 5.27. The second-order valence-electron chi connectivity index (χ2n) is 6.10. The first-order valence-electron chi connectivity index (χ1n) is 8.55. The van der Waals surface area contributed by atoms with Gasteiger partial charge in [0.1, 0.15) is 30.1 Å². The Kier molecular flexibility index (Phi) is 9.51. The van der Waals surface area contributed by atoms with E-state index >= 15 is 0 Å². The zero-order valence-corrected chi connectivity index (χ0v) is 21.2. The summed E-state index contributed by atoms with van der Waals surface area (Å²) in [5.41, 5.74) is -0.377. The van der Waals surface area contributed by atoms with Gasteiger partial charge in [-0.05, 0) is 5.57 Å². The smallest absolute Gasteiger partial charge is 0.543 e. The molecule has 12 nitrogen and oxygen atoms in total. The van der Waals surface area contributed by atoms with Gasteiger partial charge in [-0.25, -0.2) is 4.98 Å². The number of hydrogen-bond donors (Lipinski definition) is 3. The number of nitrogens with zero attached hydrogens (tertiary/aromatic N) is 3. The molecule has 1 unspecified atom stereocenters. The first-order valence-corrected chi connectivity index (χ1v) is 11.0. The number of aromatic nitrogens is 1. The minimum absolute atomic E-state index is 0. The van der Waals surface area contributed by atoms with Gasteiger partial charge < -0.3 is 30.5 Å². The van der Waals surface area contributed by atoms with E-state index in [0.29, 0.717) is 0 Å². The van der Waals surface area contributed by atoms with Crippen LogP contribution in [0.3, 0.4) is 0 Å². The van der Waals surface area contributed by atoms with Crippen molar-refractivity contribution < 1.29 is 63.8 Å². The van der Waals surface area contributed by atoms with Crippen molar-refractivity contribution in [1.82, 2.24) is 15.2 Å². The van der Waals surface area contributed by atoms with Crippen LogP contribution in [-0.2, 0) is 24.0 Å². The third-order valence-electron chi connectivity index (χ3n) is 4.23. The quantitative estimate of drug-likeness (QED) is 0.102. The Bertz CT molecular complexity index is 1000. The van der Waals surface area contributed by atoms with Crippen LogP contribution in [0.15, 0.2) is 21.8 Å². The van der Waals surface area contributed by atoms with Crippen molar-refractivity contribution >= 4 is 69.2 Å². The summed E-state index contributed by atoms with van der Waals surface area (Å²) in [4.78, 5) is 57.8. The van der Waals surface area contributed by atoms with E-state index in [-0.39, 0.29) is 69.0 Å². The third-order valence-corrected chi connectivity index (χ3v) is 6.57. The Morgan fingerprint density at radius 3 is 2.78 bits per heavy atom. The van der Waals surface area contributed by atoms with E-state index in [2.05, 4.69) is 20.8 Å². The Balaban J connectivity index is 0.00000363. The summed E-state index contributed by atoms with van der Waals surface area (Å²) in [6.45, 7) is -0.527. The van der Waals surface area contributed by atoms with Crippen LogP contribution >= 0.6 is 34.7 Å². The van der Waals surface area contributed by atoms with Crippen molar-refractivity contribution in [1.29, 1.82) is 0 Å². The molecule has 2 atom stereocenters. The number of rotatable bonds is 8. The average molecular weight is 512 g/mol. The van der Waals surface area contributed by atoms with E-state index in [0.717, 1.165) is 16.2 Å². The van der Waals surface area contributed by atoms with Crippen LogP contribution in [0.1, 0.15) is 5.69 Å². The molecule has 32 heavy (non-hydrogen) atoms. The zero-order valence-electron chi connectivity index (χ0n) is 16.8. The molecule has 3 N–H and O–H groups in total. The average Bonchev–Trinajstić information content (AvgIpc) is 3.21. The maximum Gasteiger partial charge on any atom is 1.00 e. The second-order valence-corrected chi connectivity index (χ2v) is 8.33.